The highest BCUT2D eigenvalue weighted by atomic mass is 127. The monoisotopic (exact) mass is 369 g/mol. The Bertz CT molecular complexity index is 523. The lowest BCUT2D eigenvalue weighted by Crippen LogP contribution is -2.11. The van der Waals surface area contributed by atoms with Crippen LogP contribution in [0.15, 0.2) is 30.3 Å². The van der Waals surface area contributed by atoms with Crippen molar-refractivity contribution in [3.63, 3.8) is 0 Å². The second-order valence-electron chi connectivity index (χ2n) is 4.89. The zero-order valence-corrected chi connectivity index (χ0v) is 13.1. The molecule has 2 aromatic rings. The summed E-state index contributed by atoms with van der Waals surface area (Å²) in [4.78, 5) is 2.93. The highest BCUT2D eigenvalue weighted by Gasteiger charge is 2.18. The summed E-state index contributed by atoms with van der Waals surface area (Å²) in [6.45, 7) is 0. The first-order valence-electron chi connectivity index (χ1n) is 6.34. The molecule has 0 spiro atoms. The zero-order valence-electron chi connectivity index (χ0n) is 10.2. The summed E-state index contributed by atoms with van der Waals surface area (Å²) < 4.78 is 1.28. The van der Waals surface area contributed by atoms with E-state index < -0.39 is 0 Å². The molecule has 3 rings (SSSR count). The standard InChI is InChI=1S/C15H16INS/c16-12-6-4-10(5-7-12)8-13(17)15-9-11-2-1-3-14(11)18-15/h4-7,9,13H,1-3,8,17H2. The van der Waals surface area contributed by atoms with Crippen LogP contribution in [-0.4, -0.2) is 0 Å². The summed E-state index contributed by atoms with van der Waals surface area (Å²) in [5.74, 6) is 0. The van der Waals surface area contributed by atoms with E-state index in [1.54, 1.807) is 10.4 Å². The SMILES string of the molecule is NC(Cc1ccc(I)cc1)c1cc2c(s1)CCC2. The van der Waals surface area contributed by atoms with Gasteiger partial charge in [-0.15, -0.1) is 11.3 Å². The van der Waals surface area contributed by atoms with Gasteiger partial charge in [-0.05, 0) is 77.6 Å². The van der Waals surface area contributed by atoms with Gasteiger partial charge in [-0.1, -0.05) is 12.1 Å². The second kappa shape index (κ2) is 5.31. The molecule has 1 unspecified atom stereocenters. The first-order chi connectivity index (χ1) is 8.72. The molecule has 18 heavy (non-hydrogen) atoms. The van der Waals surface area contributed by atoms with Crippen LogP contribution in [0.1, 0.15) is 33.3 Å². The van der Waals surface area contributed by atoms with E-state index in [0.717, 1.165) is 6.42 Å². The smallest absolute Gasteiger partial charge is 0.0430 e. The van der Waals surface area contributed by atoms with Crippen molar-refractivity contribution < 1.29 is 0 Å². The third-order valence-corrected chi connectivity index (χ3v) is 5.59. The zero-order chi connectivity index (χ0) is 12.5. The highest BCUT2D eigenvalue weighted by molar-refractivity contribution is 14.1. The van der Waals surface area contributed by atoms with Crippen LogP contribution in [0.4, 0.5) is 0 Å². The van der Waals surface area contributed by atoms with Gasteiger partial charge in [0.2, 0.25) is 0 Å². The maximum absolute atomic E-state index is 6.33. The van der Waals surface area contributed by atoms with Crippen molar-refractivity contribution in [3.8, 4) is 0 Å². The fraction of sp³-hybridized carbons (Fsp3) is 0.333. The van der Waals surface area contributed by atoms with Crippen molar-refractivity contribution in [3.05, 3.63) is 54.8 Å². The van der Waals surface area contributed by atoms with Crippen LogP contribution >= 0.6 is 33.9 Å². The number of rotatable bonds is 3. The summed E-state index contributed by atoms with van der Waals surface area (Å²) in [7, 11) is 0. The molecule has 1 nitrogen and oxygen atoms in total. The van der Waals surface area contributed by atoms with E-state index in [4.69, 9.17) is 5.73 Å². The van der Waals surface area contributed by atoms with Crippen LogP contribution in [0.2, 0.25) is 0 Å². The minimum atomic E-state index is 0.153. The van der Waals surface area contributed by atoms with Crippen LogP contribution in [0.5, 0.6) is 0 Å². The number of nitrogens with two attached hydrogens (primary N) is 1. The highest BCUT2D eigenvalue weighted by Crippen LogP contribution is 2.34. The molecule has 1 aromatic carbocycles. The van der Waals surface area contributed by atoms with Crippen molar-refractivity contribution in [1.29, 1.82) is 0 Å². The summed E-state index contributed by atoms with van der Waals surface area (Å²) in [5.41, 5.74) is 9.21. The average Bonchev–Trinajstić information content (AvgIpc) is 2.92. The van der Waals surface area contributed by atoms with Gasteiger partial charge in [0, 0.05) is 19.4 Å². The Kier molecular flexibility index (Phi) is 3.73. The molecule has 2 N–H and O–H groups in total. The van der Waals surface area contributed by atoms with Gasteiger partial charge >= 0.3 is 0 Å². The number of aryl methyl sites for hydroxylation is 2. The number of hydrogen-bond donors (Lipinski definition) is 1. The Morgan fingerprint density at radius 2 is 2.00 bits per heavy atom. The molecule has 1 aliphatic carbocycles. The maximum atomic E-state index is 6.33. The molecule has 0 saturated heterocycles. The van der Waals surface area contributed by atoms with Crippen LogP contribution in [0, 0.1) is 3.57 Å². The predicted octanol–water partition coefficient (Wildman–Crippen LogP) is 4.08. The Labute approximate surface area is 126 Å². The molecule has 94 valence electrons. The fourth-order valence-electron chi connectivity index (χ4n) is 2.51. The lowest BCUT2D eigenvalue weighted by atomic mass is 10.0. The van der Waals surface area contributed by atoms with E-state index in [1.165, 1.54) is 33.3 Å². The van der Waals surface area contributed by atoms with E-state index in [1.807, 2.05) is 11.3 Å². The topological polar surface area (TPSA) is 26.0 Å². The van der Waals surface area contributed by atoms with Crippen LogP contribution in [0.3, 0.4) is 0 Å². The lowest BCUT2D eigenvalue weighted by molar-refractivity contribution is 0.735. The Balaban J connectivity index is 1.74. The van der Waals surface area contributed by atoms with Gasteiger partial charge in [-0.3, -0.25) is 0 Å². The van der Waals surface area contributed by atoms with E-state index in [-0.39, 0.29) is 6.04 Å². The second-order valence-corrected chi connectivity index (χ2v) is 7.30. The van der Waals surface area contributed by atoms with E-state index in [0.29, 0.717) is 0 Å². The van der Waals surface area contributed by atoms with E-state index >= 15 is 0 Å². The first kappa shape index (κ1) is 12.6. The summed E-state index contributed by atoms with van der Waals surface area (Å²) in [6.07, 6.45) is 4.78. The van der Waals surface area contributed by atoms with Crippen molar-refractivity contribution in [2.24, 2.45) is 5.73 Å². The third-order valence-electron chi connectivity index (χ3n) is 3.50. The first-order valence-corrected chi connectivity index (χ1v) is 8.23. The molecular weight excluding hydrogens is 353 g/mol. The quantitative estimate of drug-likeness (QED) is 0.811. The number of halogens is 1. The van der Waals surface area contributed by atoms with Crippen LogP contribution < -0.4 is 5.73 Å². The average molecular weight is 369 g/mol. The number of hydrogen-bond acceptors (Lipinski definition) is 2. The predicted molar refractivity (Wildman–Crippen MR) is 86.1 cm³/mol. The molecule has 3 heteroatoms. The van der Waals surface area contributed by atoms with Crippen LogP contribution in [-0.2, 0) is 19.3 Å². The van der Waals surface area contributed by atoms with Crippen molar-refractivity contribution in [1.82, 2.24) is 0 Å². The molecule has 0 amide bonds. The van der Waals surface area contributed by atoms with Gasteiger partial charge in [0.15, 0.2) is 0 Å². The minimum Gasteiger partial charge on any atom is -0.323 e. The van der Waals surface area contributed by atoms with E-state index in [2.05, 4.69) is 52.9 Å². The Morgan fingerprint density at radius 1 is 1.22 bits per heavy atom. The molecule has 0 bridgehead atoms. The van der Waals surface area contributed by atoms with Crippen LogP contribution in [0.25, 0.3) is 0 Å². The molecule has 0 saturated carbocycles. The van der Waals surface area contributed by atoms with Gasteiger partial charge in [-0.2, -0.15) is 0 Å². The Hall–Kier alpha value is -0.390. The molecule has 1 aromatic heterocycles. The maximum Gasteiger partial charge on any atom is 0.0430 e. The molecule has 1 atom stereocenters. The van der Waals surface area contributed by atoms with Gasteiger partial charge in [0.1, 0.15) is 0 Å². The molecular formula is C15H16INS. The number of thiophene rings is 1. The number of fused-ring (bicyclic) bond motifs is 1. The molecule has 1 aliphatic rings. The number of benzene rings is 1. The summed E-state index contributed by atoms with van der Waals surface area (Å²) in [6, 6.07) is 11.2. The van der Waals surface area contributed by atoms with Crippen molar-refractivity contribution >= 4 is 33.9 Å². The molecule has 0 aliphatic heterocycles. The minimum absolute atomic E-state index is 0.153. The van der Waals surface area contributed by atoms with Crippen molar-refractivity contribution in [2.75, 3.05) is 0 Å². The summed E-state index contributed by atoms with van der Waals surface area (Å²) >= 11 is 4.26. The fourth-order valence-corrected chi connectivity index (χ4v) is 4.13. The Morgan fingerprint density at radius 3 is 2.72 bits per heavy atom. The summed E-state index contributed by atoms with van der Waals surface area (Å²) in [5, 5.41) is 0. The van der Waals surface area contributed by atoms with Gasteiger partial charge in [-0.25, -0.2) is 0 Å². The van der Waals surface area contributed by atoms with Crippen molar-refractivity contribution in [2.45, 2.75) is 31.7 Å². The molecule has 0 fully saturated rings. The molecule has 0 radical (unpaired) electrons. The van der Waals surface area contributed by atoms with E-state index in [9.17, 15) is 0 Å². The molecule has 1 heterocycles. The van der Waals surface area contributed by atoms with Gasteiger partial charge < -0.3 is 5.73 Å². The lowest BCUT2D eigenvalue weighted by Gasteiger charge is -2.09. The van der Waals surface area contributed by atoms with Gasteiger partial charge in [0.05, 0.1) is 0 Å². The third kappa shape index (κ3) is 2.63. The normalized spacial score (nSPS) is 15.7. The van der Waals surface area contributed by atoms with Gasteiger partial charge in [0.25, 0.3) is 0 Å². The largest absolute Gasteiger partial charge is 0.323 e.